The highest BCUT2D eigenvalue weighted by molar-refractivity contribution is 5.03. The summed E-state index contributed by atoms with van der Waals surface area (Å²) in [5.41, 5.74) is 1.01. The molecule has 0 unspecified atom stereocenters. The van der Waals surface area contributed by atoms with E-state index in [9.17, 15) is 0 Å². The number of rotatable bonds is 2. The van der Waals surface area contributed by atoms with Crippen molar-refractivity contribution in [1.82, 2.24) is 10.1 Å². The zero-order valence-electron chi connectivity index (χ0n) is 9.56. The van der Waals surface area contributed by atoms with Crippen LogP contribution < -0.4 is 0 Å². The van der Waals surface area contributed by atoms with E-state index in [1.807, 2.05) is 13.0 Å². The highest BCUT2D eigenvalue weighted by Crippen LogP contribution is 2.13. The highest BCUT2D eigenvalue weighted by Gasteiger charge is 2.22. The van der Waals surface area contributed by atoms with Crippen LogP contribution in [0.25, 0.3) is 0 Å². The first-order chi connectivity index (χ1) is 7.13. The lowest BCUT2D eigenvalue weighted by atomic mass is 10.2. The van der Waals surface area contributed by atoms with Crippen LogP contribution in [0.3, 0.4) is 0 Å². The van der Waals surface area contributed by atoms with E-state index in [1.165, 1.54) is 0 Å². The molecule has 84 valence electrons. The Morgan fingerprint density at radius 2 is 2.07 bits per heavy atom. The summed E-state index contributed by atoms with van der Waals surface area (Å²) in [7, 11) is 0. The van der Waals surface area contributed by atoms with Gasteiger partial charge in [0.2, 0.25) is 0 Å². The van der Waals surface area contributed by atoms with Gasteiger partial charge in [0.15, 0.2) is 0 Å². The van der Waals surface area contributed by atoms with E-state index < -0.39 is 0 Å². The standard InChI is InChI=1S/C11H18N2O2/c1-8-4-11(12-15-8)7-13-5-9(2)14-10(3)6-13/h4,9-10H,5-7H2,1-3H3/t9-,10-/m1/s1. The molecule has 0 spiro atoms. The van der Waals surface area contributed by atoms with Crippen LogP contribution in [0.2, 0.25) is 0 Å². The molecule has 0 saturated carbocycles. The van der Waals surface area contributed by atoms with Crippen molar-refractivity contribution in [2.75, 3.05) is 13.1 Å². The summed E-state index contributed by atoms with van der Waals surface area (Å²) >= 11 is 0. The third-order valence-corrected chi connectivity index (χ3v) is 2.56. The number of hydrogen-bond donors (Lipinski definition) is 0. The molecule has 1 saturated heterocycles. The van der Waals surface area contributed by atoms with Crippen LogP contribution in [0.1, 0.15) is 25.3 Å². The average molecular weight is 210 g/mol. The average Bonchev–Trinajstić information content (AvgIpc) is 2.49. The summed E-state index contributed by atoms with van der Waals surface area (Å²) < 4.78 is 10.7. The molecule has 0 amide bonds. The fraction of sp³-hybridized carbons (Fsp3) is 0.727. The predicted octanol–water partition coefficient (Wildman–Crippen LogP) is 1.59. The summed E-state index contributed by atoms with van der Waals surface area (Å²) in [6, 6.07) is 1.99. The third-order valence-electron chi connectivity index (χ3n) is 2.56. The van der Waals surface area contributed by atoms with E-state index in [1.54, 1.807) is 0 Å². The van der Waals surface area contributed by atoms with Crippen molar-refractivity contribution in [1.29, 1.82) is 0 Å². The van der Waals surface area contributed by atoms with E-state index in [-0.39, 0.29) is 0 Å². The van der Waals surface area contributed by atoms with Crippen molar-refractivity contribution in [2.45, 2.75) is 39.5 Å². The number of aryl methyl sites for hydroxylation is 1. The molecule has 1 aromatic rings. The van der Waals surface area contributed by atoms with Gasteiger partial charge in [-0.15, -0.1) is 0 Å². The molecule has 2 rings (SSSR count). The van der Waals surface area contributed by atoms with Gasteiger partial charge >= 0.3 is 0 Å². The summed E-state index contributed by atoms with van der Waals surface area (Å²) in [6.07, 6.45) is 0.614. The van der Waals surface area contributed by atoms with Crippen molar-refractivity contribution < 1.29 is 9.26 Å². The van der Waals surface area contributed by atoms with Gasteiger partial charge in [0.1, 0.15) is 5.76 Å². The third kappa shape index (κ3) is 2.79. The van der Waals surface area contributed by atoms with Gasteiger partial charge in [-0.3, -0.25) is 4.90 Å². The second-order valence-corrected chi connectivity index (χ2v) is 4.38. The van der Waals surface area contributed by atoms with Crippen LogP contribution in [0, 0.1) is 6.92 Å². The first-order valence-electron chi connectivity index (χ1n) is 5.43. The van der Waals surface area contributed by atoms with Gasteiger partial charge in [-0.1, -0.05) is 5.16 Å². The Bertz CT molecular complexity index is 314. The monoisotopic (exact) mass is 210 g/mol. The van der Waals surface area contributed by atoms with Gasteiger partial charge in [-0.05, 0) is 20.8 Å². The second kappa shape index (κ2) is 4.33. The number of hydrogen-bond acceptors (Lipinski definition) is 4. The molecule has 4 nitrogen and oxygen atoms in total. The molecule has 1 fully saturated rings. The van der Waals surface area contributed by atoms with Gasteiger partial charge in [0.05, 0.1) is 17.9 Å². The van der Waals surface area contributed by atoms with Crippen molar-refractivity contribution in [3.63, 3.8) is 0 Å². The highest BCUT2D eigenvalue weighted by atomic mass is 16.5. The molecule has 0 radical (unpaired) electrons. The minimum Gasteiger partial charge on any atom is -0.373 e. The van der Waals surface area contributed by atoms with Crippen molar-refractivity contribution >= 4 is 0 Å². The van der Waals surface area contributed by atoms with E-state index in [4.69, 9.17) is 9.26 Å². The summed E-state index contributed by atoms with van der Waals surface area (Å²) in [6.45, 7) is 8.93. The van der Waals surface area contributed by atoms with Crippen molar-refractivity contribution in [3.8, 4) is 0 Å². The molecular formula is C11H18N2O2. The Morgan fingerprint density at radius 1 is 1.40 bits per heavy atom. The fourth-order valence-corrected chi connectivity index (χ4v) is 2.14. The number of ether oxygens (including phenoxy) is 1. The summed E-state index contributed by atoms with van der Waals surface area (Å²) in [5.74, 6) is 0.874. The molecular weight excluding hydrogens is 192 g/mol. The van der Waals surface area contributed by atoms with Crippen LogP contribution in [-0.4, -0.2) is 35.4 Å². The Morgan fingerprint density at radius 3 is 2.60 bits per heavy atom. The molecule has 0 aliphatic carbocycles. The Kier molecular flexibility index (Phi) is 3.07. The lowest BCUT2D eigenvalue weighted by Crippen LogP contribution is -2.44. The fourth-order valence-electron chi connectivity index (χ4n) is 2.14. The maximum atomic E-state index is 5.67. The van der Waals surface area contributed by atoms with Crippen LogP contribution >= 0.6 is 0 Å². The van der Waals surface area contributed by atoms with Gasteiger partial charge in [0.25, 0.3) is 0 Å². The molecule has 1 aliphatic rings. The van der Waals surface area contributed by atoms with Crippen molar-refractivity contribution in [3.05, 3.63) is 17.5 Å². The maximum absolute atomic E-state index is 5.67. The lowest BCUT2D eigenvalue weighted by Gasteiger charge is -2.34. The lowest BCUT2D eigenvalue weighted by molar-refractivity contribution is -0.0709. The quantitative estimate of drug-likeness (QED) is 0.743. The summed E-state index contributed by atoms with van der Waals surface area (Å²) in [5, 5.41) is 4.00. The first-order valence-corrected chi connectivity index (χ1v) is 5.43. The van der Waals surface area contributed by atoms with Crippen molar-refractivity contribution in [2.24, 2.45) is 0 Å². The van der Waals surface area contributed by atoms with Crippen LogP contribution in [-0.2, 0) is 11.3 Å². The van der Waals surface area contributed by atoms with E-state index in [0.29, 0.717) is 12.2 Å². The normalized spacial score (nSPS) is 28.2. The van der Waals surface area contributed by atoms with E-state index in [2.05, 4.69) is 23.9 Å². The van der Waals surface area contributed by atoms with E-state index >= 15 is 0 Å². The first kappa shape index (κ1) is 10.6. The molecule has 15 heavy (non-hydrogen) atoms. The van der Waals surface area contributed by atoms with Gasteiger partial charge in [-0.2, -0.15) is 0 Å². The van der Waals surface area contributed by atoms with Crippen LogP contribution in [0.15, 0.2) is 10.6 Å². The summed E-state index contributed by atoms with van der Waals surface area (Å²) in [4.78, 5) is 2.36. The van der Waals surface area contributed by atoms with E-state index in [0.717, 1.165) is 31.1 Å². The largest absolute Gasteiger partial charge is 0.373 e. The molecule has 2 heterocycles. The molecule has 1 aliphatic heterocycles. The minimum atomic E-state index is 0.307. The molecule has 0 aromatic carbocycles. The molecule has 1 aromatic heterocycles. The number of nitrogens with zero attached hydrogens (tertiary/aromatic N) is 2. The molecule has 4 heteroatoms. The zero-order chi connectivity index (χ0) is 10.8. The minimum absolute atomic E-state index is 0.307. The predicted molar refractivity (Wildman–Crippen MR) is 56.5 cm³/mol. The Hall–Kier alpha value is -0.870. The Labute approximate surface area is 90.2 Å². The van der Waals surface area contributed by atoms with Crippen LogP contribution in [0.4, 0.5) is 0 Å². The van der Waals surface area contributed by atoms with Crippen LogP contribution in [0.5, 0.6) is 0 Å². The molecule has 0 bridgehead atoms. The van der Waals surface area contributed by atoms with Gasteiger partial charge < -0.3 is 9.26 Å². The topological polar surface area (TPSA) is 38.5 Å². The van der Waals surface area contributed by atoms with Gasteiger partial charge in [-0.25, -0.2) is 0 Å². The van der Waals surface area contributed by atoms with Gasteiger partial charge in [0, 0.05) is 25.7 Å². The SMILES string of the molecule is Cc1cc(CN2C[C@@H](C)O[C@H](C)C2)no1. The number of morpholine rings is 1. The number of aromatic nitrogens is 1. The Balaban J connectivity index is 1.94. The molecule has 0 N–H and O–H groups in total. The second-order valence-electron chi connectivity index (χ2n) is 4.38. The zero-order valence-corrected chi connectivity index (χ0v) is 9.56. The maximum Gasteiger partial charge on any atom is 0.133 e. The molecule has 2 atom stereocenters. The smallest absolute Gasteiger partial charge is 0.133 e.